The number of amides is 1. The van der Waals surface area contributed by atoms with Gasteiger partial charge in [0.25, 0.3) is 5.91 Å². The van der Waals surface area contributed by atoms with E-state index in [-0.39, 0.29) is 12.0 Å². The number of fused-ring (bicyclic) bond motifs is 1. The van der Waals surface area contributed by atoms with Crippen molar-refractivity contribution in [2.24, 2.45) is 0 Å². The first-order chi connectivity index (χ1) is 12.7. The Morgan fingerprint density at radius 2 is 2.35 bits per heavy atom. The predicted octanol–water partition coefficient (Wildman–Crippen LogP) is 4.58. The van der Waals surface area contributed by atoms with Crippen molar-refractivity contribution in [3.8, 4) is 5.75 Å². The van der Waals surface area contributed by atoms with E-state index in [2.05, 4.69) is 0 Å². The number of hydrogen-bond acceptors (Lipinski definition) is 6. The van der Waals surface area contributed by atoms with Crippen molar-refractivity contribution < 1.29 is 14.3 Å². The second-order valence-corrected chi connectivity index (χ2v) is 8.04. The van der Waals surface area contributed by atoms with Gasteiger partial charge in [-0.1, -0.05) is 17.4 Å². The number of ether oxygens (including phenoxy) is 2. The van der Waals surface area contributed by atoms with Crippen molar-refractivity contribution >= 4 is 43.9 Å². The van der Waals surface area contributed by atoms with Gasteiger partial charge in [0.2, 0.25) is 0 Å². The summed E-state index contributed by atoms with van der Waals surface area (Å²) in [6.45, 7) is 3.89. The number of anilines is 1. The highest BCUT2D eigenvalue weighted by molar-refractivity contribution is 7.22. The molecule has 1 fully saturated rings. The van der Waals surface area contributed by atoms with Crippen molar-refractivity contribution in [2.45, 2.75) is 25.9 Å². The van der Waals surface area contributed by atoms with Crippen LogP contribution in [-0.4, -0.2) is 36.8 Å². The average molecular weight is 389 g/mol. The Kier molecular flexibility index (Phi) is 5.19. The topological polar surface area (TPSA) is 51.7 Å². The second-order valence-electron chi connectivity index (χ2n) is 6.09. The number of hydrogen-bond donors (Lipinski definition) is 0. The van der Waals surface area contributed by atoms with Crippen LogP contribution in [-0.2, 0) is 4.74 Å². The largest absolute Gasteiger partial charge is 0.494 e. The Bertz CT molecular complexity index is 885. The van der Waals surface area contributed by atoms with Crippen molar-refractivity contribution in [1.29, 1.82) is 0 Å². The molecular formula is C19H20N2O3S2. The minimum atomic E-state index is -0.0143. The van der Waals surface area contributed by atoms with E-state index < -0.39 is 0 Å². The first-order valence-electron chi connectivity index (χ1n) is 8.75. The molecule has 0 spiro atoms. The van der Waals surface area contributed by atoms with Crippen LogP contribution < -0.4 is 9.64 Å². The molecule has 0 bridgehead atoms. The first kappa shape index (κ1) is 17.5. The number of carbonyl (C=O) groups is 1. The van der Waals surface area contributed by atoms with Crippen LogP contribution in [0.25, 0.3) is 10.2 Å². The molecule has 2 aromatic heterocycles. The molecule has 1 atom stereocenters. The standard InChI is InChI=1S/C19H20N2O3S2/c1-2-23-13-7-8-15-17(11-13)26-19(20-15)21(12-14-5-3-9-24-14)18(22)16-6-4-10-25-16/h4,6-8,10-11,14H,2-3,5,9,12H2,1H3. The first-order valence-corrected chi connectivity index (χ1v) is 10.4. The zero-order valence-corrected chi connectivity index (χ0v) is 16.1. The van der Waals surface area contributed by atoms with Gasteiger partial charge in [-0.05, 0) is 49.4 Å². The third-order valence-electron chi connectivity index (χ3n) is 4.28. The molecular weight excluding hydrogens is 368 g/mol. The Morgan fingerprint density at radius 3 is 3.08 bits per heavy atom. The lowest BCUT2D eigenvalue weighted by Gasteiger charge is -2.22. The van der Waals surface area contributed by atoms with Crippen LogP contribution in [0.2, 0.25) is 0 Å². The van der Waals surface area contributed by atoms with Crippen LogP contribution in [0.3, 0.4) is 0 Å². The molecule has 26 heavy (non-hydrogen) atoms. The van der Waals surface area contributed by atoms with Crippen molar-refractivity contribution in [3.63, 3.8) is 0 Å². The van der Waals surface area contributed by atoms with Gasteiger partial charge in [0.1, 0.15) is 5.75 Å². The summed E-state index contributed by atoms with van der Waals surface area (Å²) in [5.41, 5.74) is 0.879. The highest BCUT2D eigenvalue weighted by Crippen LogP contribution is 2.33. The van der Waals surface area contributed by atoms with Crippen LogP contribution in [0, 0.1) is 0 Å². The van der Waals surface area contributed by atoms with Crippen LogP contribution in [0.4, 0.5) is 5.13 Å². The van der Waals surface area contributed by atoms with Gasteiger partial charge in [0, 0.05) is 6.61 Å². The minimum Gasteiger partial charge on any atom is -0.494 e. The van der Waals surface area contributed by atoms with Gasteiger partial charge in [0.05, 0.1) is 34.3 Å². The molecule has 3 aromatic rings. The summed E-state index contributed by atoms with van der Waals surface area (Å²) in [6.07, 6.45) is 2.10. The monoisotopic (exact) mass is 388 g/mol. The van der Waals surface area contributed by atoms with Gasteiger partial charge in [-0.3, -0.25) is 9.69 Å². The molecule has 4 rings (SSSR count). The summed E-state index contributed by atoms with van der Waals surface area (Å²) in [5.74, 6) is 0.810. The van der Waals surface area contributed by atoms with E-state index in [0.29, 0.717) is 18.3 Å². The number of thiazole rings is 1. The van der Waals surface area contributed by atoms with E-state index in [9.17, 15) is 4.79 Å². The Hall–Kier alpha value is -1.96. The van der Waals surface area contributed by atoms with Crippen molar-refractivity contribution in [1.82, 2.24) is 4.98 Å². The molecule has 1 saturated heterocycles. The van der Waals surface area contributed by atoms with Gasteiger partial charge in [0.15, 0.2) is 5.13 Å². The third-order valence-corrected chi connectivity index (χ3v) is 6.18. The summed E-state index contributed by atoms with van der Waals surface area (Å²) in [6, 6.07) is 9.60. The van der Waals surface area contributed by atoms with Gasteiger partial charge >= 0.3 is 0 Å². The van der Waals surface area contributed by atoms with E-state index in [4.69, 9.17) is 14.5 Å². The van der Waals surface area contributed by atoms with Gasteiger partial charge in [-0.25, -0.2) is 4.98 Å². The molecule has 1 unspecified atom stereocenters. The lowest BCUT2D eigenvalue weighted by Crippen LogP contribution is -2.37. The molecule has 5 nitrogen and oxygen atoms in total. The zero-order valence-electron chi connectivity index (χ0n) is 14.5. The minimum absolute atomic E-state index is 0.0143. The summed E-state index contributed by atoms with van der Waals surface area (Å²) >= 11 is 2.97. The molecule has 0 N–H and O–H groups in total. The van der Waals surface area contributed by atoms with Crippen LogP contribution >= 0.6 is 22.7 Å². The fourth-order valence-corrected chi connectivity index (χ4v) is 4.71. The smallest absolute Gasteiger partial charge is 0.270 e. The molecule has 136 valence electrons. The van der Waals surface area contributed by atoms with Crippen LogP contribution in [0.5, 0.6) is 5.75 Å². The van der Waals surface area contributed by atoms with E-state index in [0.717, 1.165) is 40.3 Å². The fourth-order valence-electron chi connectivity index (χ4n) is 3.04. The highest BCUT2D eigenvalue weighted by atomic mass is 32.1. The van der Waals surface area contributed by atoms with Gasteiger partial charge < -0.3 is 9.47 Å². The Morgan fingerprint density at radius 1 is 1.42 bits per heavy atom. The van der Waals surface area contributed by atoms with E-state index in [1.54, 1.807) is 4.90 Å². The predicted molar refractivity (Wildman–Crippen MR) is 106 cm³/mol. The number of benzene rings is 1. The maximum absolute atomic E-state index is 13.1. The summed E-state index contributed by atoms with van der Waals surface area (Å²) < 4.78 is 12.4. The van der Waals surface area contributed by atoms with E-state index >= 15 is 0 Å². The molecule has 1 amide bonds. The van der Waals surface area contributed by atoms with Gasteiger partial charge in [-0.2, -0.15) is 0 Å². The molecule has 1 aliphatic rings. The summed E-state index contributed by atoms with van der Waals surface area (Å²) in [5, 5.41) is 2.63. The molecule has 1 aliphatic heterocycles. The normalized spacial score (nSPS) is 16.9. The molecule has 0 radical (unpaired) electrons. The third kappa shape index (κ3) is 3.60. The maximum atomic E-state index is 13.1. The quantitative estimate of drug-likeness (QED) is 0.620. The fraction of sp³-hybridized carbons (Fsp3) is 0.368. The summed E-state index contributed by atoms with van der Waals surface area (Å²) in [7, 11) is 0. The molecule has 1 aromatic carbocycles. The number of thiophene rings is 1. The number of rotatable bonds is 6. The molecule has 0 saturated carbocycles. The van der Waals surface area contributed by atoms with Crippen molar-refractivity contribution in [3.05, 3.63) is 40.6 Å². The average Bonchev–Trinajstić information content (AvgIpc) is 3.39. The number of nitrogens with zero attached hydrogens (tertiary/aromatic N) is 2. The molecule has 0 aliphatic carbocycles. The zero-order chi connectivity index (χ0) is 17.9. The molecule has 7 heteroatoms. The van der Waals surface area contributed by atoms with E-state index in [1.165, 1.54) is 22.7 Å². The SMILES string of the molecule is CCOc1ccc2nc(N(CC3CCCO3)C(=O)c3cccs3)sc2c1. The Labute approximate surface area is 160 Å². The number of aromatic nitrogens is 1. The summed E-state index contributed by atoms with van der Waals surface area (Å²) in [4.78, 5) is 20.3. The lowest BCUT2D eigenvalue weighted by atomic mass is 10.2. The lowest BCUT2D eigenvalue weighted by molar-refractivity contribution is 0.0920. The van der Waals surface area contributed by atoms with Gasteiger partial charge in [-0.15, -0.1) is 11.3 Å². The Balaban J connectivity index is 1.67. The van der Waals surface area contributed by atoms with Crippen LogP contribution in [0.1, 0.15) is 29.4 Å². The highest BCUT2D eigenvalue weighted by Gasteiger charge is 2.27. The van der Waals surface area contributed by atoms with E-state index in [1.807, 2.05) is 42.6 Å². The molecule has 3 heterocycles. The maximum Gasteiger partial charge on any atom is 0.270 e. The van der Waals surface area contributed by atoms with Crippen LogP contribution in [0.15, 0.2) is 35.7 Å². The number of carbonyl (C=O) groups excluding carboxylic acids is 1. The van der Waals surface area contributed by atoms with Crippen molar-refractivity contribution in [2.75, 3.05) is 24.7 Å². The second kappa shape index (κ2) is 7.73.